The molecule has 0 aliphatic carbocycles. The number of aromatic amines is 1. The summed E-state index contributed by atoms with van der Waals surface area (Å²) < 4.78 is 0. The van der Waals surface area contributed by atoms with Gasteiger partial charge in [0.15, 0.2) is 0 Å². The highest BCUT2D eigenvalue weighted by molar-refractivity contribution is 5.88. The lowest BCUT2D eigenvalue weighted by molar-refractivity contribution is -0.138. The fourth-order valence-electron chi connectivity index (χ4n) is 4.34. The van der Waals surface area contributed by atoms with E-state index in [1.54, 1.807) is 11.0 Å². The predicted octanol–water partition coefficient (Wildman–Crippen LogP) is 9.78. The van der Waals surface area contributed by atoms with E-state index in [1.165, 1.54) is 5.57 Å². The summed E-state index contributed by atoms with van der Waals surface area (Å²) in [6.07, 6.45) is 11.9. The van der Waals surface area contributed by atoms with Crippen molar-refractivity contribution in [1.82, 2.24) is 20.2 Å². The highest BCUT2D eigenvalue weighted by Gasteiger charge is 2.33. The molecule has 1 fully saturated rings. The third-order valence-electron chi connectivity index (χ3n) is 7.10. The van der Waals surface area contributed by atoms with Crippen LogP contribution in [0.4, 0.5) is 0 Å². The smallest absolute Gasteiger partial charge is 0.242 e. The first-order valence-electron chi connectivity index (χ1n) is 16.8. The Morgan fingerprint density at radius 2 is 1.73 bits per heavy atom. The molecule has 3 rings (SSSR count). The Bertz CT molecular complexity index is 1140. The summed E-state index contributed by atoms with van der Waals surface area (Å²) in [5.41, 5.74) is 4.04. The third kappa shape index (κ3) is 16.8. The number of amides is 2. The van der Waals surface area contributed by atoms with Crippen molar-refractivity contribution in [3.8, 4) is 0 Å². The molecule has 45 heavy (non-hydrogen) atoms. The lowest BCUT2D eigenvalue weighted by Crippen LogP contribution is -2.46. The molecule has 2 amide bonds. The molecule has 1 aromatic heterocycles. The third-order valence-corrected chi connectivity index (χ3v) is 7.10. The summed E-state index contributed by atoms with van der Waals surface area (Å²) in [6.45, 7) is 34.5. The van der Waals surface area contributed by atoms with Crippen molar-refractivity contribution in [3.63, 3.8) is 0 Å². The number of likely N-dealkylation sites (tertiary alicyclic amines) is 1. The van der Waals surface area contributed by atoms with Crippen LogP contribution in [0, 0.1) is 11.8 Å². The molecule has 6 nitrogen and oxygen atoms in total. The van der Waals surface area contributed by atoms with Gasteiger partial charge in [-0.1, -0.05) is 104 Å². The largest absolute Gasteiger partial charge is 0.354 e. The van der Waals surface area contributed by atoms with E-state index in [1.807, 2.05) is 71.0 Å². The number of rotatable bonds is 12. The Hall–Kier alpha value is -3.67. The number of benzene rings is 1. The maximum Gasteiger partial charge on any atom is 0.242 e. The van der Waals surface area contributed by atoms with Gasteiger partial charge in [0, 0.05) is 31.8 Å². The summed E-state index contributed by atoms with van der Waals surface area (Å²) in [6, 6.07) is 7.44. The molecule has 0 saturated carbocycles. The summed E-state index contributed by atoms with van der Waals surface area (Å²) in [5.74, 6) is 1.55. The van der Waals surface area contributed by atoms with Gasteiger partial charge in [0.05, 0.1) is 11.0 Å². The van der Waals surface area contributed by atoms with E-state index in [2.05, 4.69) is 75.4 Å². The second-order valence-corrected chi connectivity index (χ2v) is 10.6. The van der Waals surface area contributed by atoms with Crippen molar-refractivity contribution in [2.45, 2.75) is 107 Å². The van der Waals surface area contributed by atoms with Crippen LogP contribution in [-0.4, -0.2) is 45.8 Å². The molecule has 0 bridgehead atoms. The second-order valence-electron chi connectivity index (χ2n) is 10.6. The lowest BCUT2D eigenvalue weighted by atomic mass is 9.89. The van der Waals surface area contributed by atoms with Gasteiger partial charge in [0.25, 0.3) is 0 Å². The van der Waals surface area contributed by atoms with Gasteiger partial charge in [-0.3, -0.25) is 9.59 Å². The Morgan fingerprint density at radius 1 is 1.13 bits per heavy atom. The Balaban J connectivity index is 0. The number of nitrogens with one attached hydrogen (secondary N) is 2. The lowest BCUT2D eigenvalue weighted by Gasteiger charge is -2.25. The van der Waals surface area contributed by atoms with Crippen molar-refractivity contribution in [3.05, 3.63) is 91.9 Å². The molecule has 2 atom stereocenters. The number of aryl methyl sites for hydroxylation is 1. The first-order valence-corrected chi connectivity index (χ1v) is 16.8. The Kier molecular flexibility index (Phi) is 25.8. The number of fused-ring (bicyclic) bond motifs is 1. The molecule has 1 saturated heterocycles. The molecule has 0 radical (unpaired) electrons. The van der Waals surface area contributed by atoms with E-state index in [9.17, 15) is 9.59 Å². The normalized spacial score (nSPS) is 14.1. The van der Waals surface area contributed by atoms with E-state index < -0.39 is 0 Å². The minimum atomic E-state index is -0.387. The maximum absolute atomic E-state index is 12.9. The van der Waals surface area contributed by atoms with Crippen LogP contribution < -0.4 is 5.32 Å². The van der Waals surface area contributed by atoms with Gasteiger partial charge >= 0.3 is 0 Å². The van der Waals surface area contributed by atoms with E-state index in [-0.39, 0.29) is 23.8 Å². The molecular formula is C39H64N4O2. The van der Waals surface area contributed by atoms with Gasteiger partial charge in [-0.05, 0) is 63.2 Å². The summed E-state index contributed by atoms with van der Waals surface area (Å²) >= 11 is 0. The van der Waals surface area contributed by atoms with Gasteiger partial charge in [-0.2, -0.15) is 0 Å². The number of hydrogen-bond acceptors (Lipinski definition) is 3. The number of imidazole rings is 1. The van der Waals surface area contributed by atoms with E-state index in [0.717, 1.165) is 41.7 Å². The molecule has 1 aliphatic rings. The van der Waals surface area contributed by atoms with Gasteiger partial charge in [0.1, 0.15) is 11.9 Å². The SMILES string of the molecule is C=CC(=C)C(CCNC(=O)[C@@H]1CCCN1C(=O)CCc1nc2ccccc2[nH]1)/C(C)=C/C.C=CC(C)C.C=CCC.CC.CC. The average Bonchev–Trinajstić information content (AvgIpc) is 3.75. The fourth-order valence-corrected chi connectivity index (χ4v) is 4.34. The quantitative estimate of drug-likeness (QED) is 0.183. The van der Waals surface area contributed by atoms with Crippen LogP contribution in [0.25, 0.3) is 11.0 Å². The van der Waals surface area contributed by atoms with Crippen LogP contribution in [0.3, 0.4) is 0 Å². The first kappa shape index (κ1) is 43.5. The minimum absolute atomic E-state index is 0.00535. The topological polar surface area (TPSA) is 78.1 Å². The van der Waals surface area contributed by atoms with Crippen molar-refractivity contribution in [1.29, 1.82) is 0 Å². The Labute approximate surface area is 275 Å². The highest BCUT2D eigenvalue weighted by atomic mass is 16.2. The van der Waals surface area contributed by atoms with Crippen LogP contribution in [-0.2, 0) is 16.0 Å². The summed E-state index contributed by atoms with van der Waals surface area (Å²) in [7, 11) is 0. The number of H-pyrrole nitrogens is 1. The minimum Gasteiger partial charge on any atom is -0.354 e. The standard InChI is InChI=1S/C26H34N4O2.C5H10.C4H8.2C2H6/c1-5-18(3)20(19(4)6-2)15-16-27-26(32)23-12-9-17-30(23)25(31)14-13-24-28-21-10-7-8-11-22(21)29-24;1-4-5(2)3;1-3-4-2;2*1-2/h5-8,10-11,20,23H,1,3,9,12-17H2,2,4H3,(H,27,32)(H,28,29);4-5H,1H2,2-3H3;3H,1,4H2,2H3;2*1-2H3/b19-6+;;;;/t20?,23-;;;;/m0..../s1. The van der Waals surface area contributed by atoms with Crippen LogP contribution in [0.5, 0.6) is 0 Å². The van der Waals surface area contributed by atoms with Crippen LogP contribution in [0.15, 0.2) is 86.0 Å². The highest BCUT2D eigenvalue weighted by Crippen LogP contribution is 2.24. The molecule has 2 heterocycles. The molecule has 1 unspecified atom stereocenters. The van der Waals surface area contributed by atoms with Crippen molar-refractivity contribution >= 4 is 22.8 Å². The fraction of sp³-hybridized carbons (Fsp3) is 0.513. The number of nitrogens with zero attached hydrogens (tertiary/aromatic N) is 2. The van der Waals surface area contributed by atoms with Crippen LogP contribution >= 0.6 is 0 Å². The zero-order valence-electron chi connectivity index (χ0n) is 30.0. The van der Waals surface area contributed by atoms with Crippen molar-refractivity contribution < 1.29 is 9.59 Å². The molecule has 6 heteroatoms. The zero-order valence-corrected chi connectivity index (χ0v) is 30.0. The molecule has 1 aromatic carbocycles. The first-order chi connectivity index (χ1) is 21.6. The van der Waals surface area contributed by atoms with E-state index >= 15 is 0 Å². The van der Waals surface area contributed by atoms with Gasteiger partial charge < -0.3 is 15.2 Å². The number of para-hydroxylation sites is 2. The monoisotopic (exact) mass is 621 g/mol. The molecular weight excluding hydrogens is 556 g/mol. The molecule has 0 spiro atoms. The zero-order chi connectivity index (χ0) is 34.8. The van der Waals surface area contributed by atoms with Crippen LogP contribution in [0.1, 0.15) is 100 Å². The number of allylic oxidation sites excluding steroid dienone is 6. The average molecular weight is 621 g/mol. The number of aromatic nitrogens is 2. The van der Waals surface area contributed by atoms with Gasteiger partial charge in [-0.25, -0.2) is 4.98 Å². The molecule has 2 N–H and O–H groups in total. The van der Waals surface area contributed by atoms with E-state index in [4.69, 9.17) is 0 Å². The van der Waals surface area contributed by atoms with Gasteiger partial charge in [-0.15, -0.1) is 13.2 Å². The van der Waals surface area contributed by atoms with Gasteiger partial charge in [0.2, 0.25) is 11.8 Å². The van der Waals surface area contributed by atoms with E-state index in [0.29, 0.717) is 38.3 Å². The van der Waals surface area contributed by atoms with Crippen molar-refractivity contribution in [2.24, 2.45) is 11.8 Å². The number of carbonyl (C=O) groups excluding carboxylic acids is 2. The Morgan fingerprint density at radius 3 is 2.24 bits per heavy atom. The van der Waals surface area contributed by atoms with Crippen LogP contribution in [0.2, 0.25) is 0 Å². The van der Waals surface area contributed by atoms with Crippen molar-refractivity contribution in [2.75, 3.05) is 13.1 Å². The summed E-state index contributed by atoms with van der Waals surface area (Å²) in [4.78, 5) is 35.2. The second kappa shape index (κ2) is 26.7. The molecule has 2 aromatic rings. The predicted molar refractivity (Wildman–Crippen MR) is 197 cm³/mol. The molecule has 252 valence electrons. The summed E-state index contributed by atoms with van der Waals surface area (Å²) in [5, 5.41) is 3.04. The maximum atomic E-state index is 12.9. The number of carbonyl (C=O) groups is 2. The number of hydrogen-bond donors (Lipinski definition) is 2. The molecule has 1 aliphatic heterocycles.